The topological polar surface area (TPSA) is 27.0 Å². The lowest BCUT2D eigenvalue weighted by atomic mass is 9.94. The lowest BCUT2D eigenvalue weighted by Gasteiger charge is -2.41. The predicted molar refractivity (Wildman–Crippen MR) is 61.8 cm³/mol. The van der Waals surface area contributed by atoms with Gasteiger partial charge in [-0.05, 0) is 30.5 Å². The van der Waals surface area contributed by atoms with E-state index in [9.17, 15) is 0 Å². The van der Waals surface area contributed by atoms with Crippen molar-refractivity contribution >= 4 is 5.69 Å². The van der Waals surface area contributed by atoms with Gasteiger partial charge in [-0.15, -0.1) is 0 Å². The van der Waals surface area contributed by atoms with Crippen molar-refractivity contribution in [1.29, 1.82) is 5.26 Å². The van der Waals surface area contributed by atoms with E-state index in [1.54, 1.807) is 0 Å². The van der Waals surface area contributed by atoms with Crippen LogP contribution in [0.1, 0.15) is 25.3 Å². The monoisotopic (exact) mass is 200 g/mol. The standard InChI is InChI=1S/C13H16N2/c1-2-4-12-9-15(10-12)13-6-3-5-11(7-13)8-14/h3,5-7,12H,2,4,9-10H2,1H3. The molecular formula is C13H16N2. The summed E-state index contributed by atoms with van der Waals surface area (Å²) in [5.74, 6) is 0.862. The van der Waals surface area contributed by atoms with E-state index in [-0.39, 0.29) is 0 Å². The zero-order valence-corrected chi connectivity index (χ0v) is 9.11. The molecule has 0 spiro atoms. The smallest absolute Gasteiger partial charge is 0.0992 e. The van der Waals surface area contributed by atoms with Crippen molar-refractivity contribution in [3.05, 3.63) is 29.8 Å². The minimum absolute atomic E-state index is 0.756. The summed E-state index contributed by atoms with van der Waals surface area (Å²) in [6.07, 6.45) is 2.60. The molecule has 1 aromatic carbocycles. The summed E-state index contributed by atoms with van der Waals surface area (Å²) in [5.41, 5.74) is 1.95. The average Bonchev–Trinajstić information content (AvgIpc) is 2.23. The van der Waals surface area contributed by atoms with Crippen LogP contribution in [0.2, 0.25) is 0 Å². The highest BCUT2D eigenvalue weighted by Gasteiger charge is 2.25. The molecular weight excluding hydrogens is 184 g/mol. The van der Waals surface area contributed by atoms with Crippen molar-refractivity contribution in [3.8, 4) is 6.07 Å². The van der Waals surface area contributed by atoms with Crippen molar-refractivity contribution in [2.45, 2.75) is 19.8 Å². The maximum absolute atomic E-state index is 8.80. The van der Waals surface area contributed by atoms with Crippen LogP contribution in [-0.4, -0.2) is 13.1 Å². The van der Waals surface area contributed by atoms with Crippen LogP contribution in [0.15, 0.2) is 24.3 Å². The Hall–Kier alpha value is -1.49. The first kappa shape index (κ1) is 10.0. The third-order valence-electron chi connectivity index (χ3n) is 2.99. The molecule has 1 saturated heterocycles. The maximum Gasteiger partial charge on any atom is 0.0992 e. The van der Waals surface area contributed by atoms with Crippen LogP contribution >= 0.6 is 0 Å². The molecule has 0 amide bonds. The summed E-state index contributed by atoms with van der Waals surface area (Å²) in [6.45, 7) is 4.55. The Morgan fingerprint density at radius 2 is 2.27 bits per heavy atom. The molecule has 0 saturated carbocycles. The molecule has 1 fully saturated rings. The molecule has 2 heteroatoms. The number of hydrogen-bond donors (Lipinski definition) is 0. The molecule has 2 rings (SSSR count). The Bertz CT molecular complexity index is 372. The molecule has 1 aromatic rings. The molecule has 2 nitrogen and oxygen atoms in total. The van der Waals surface area contributed by atoms with E-state index < -0.39 is 0 Å². The molecule has 0 N–H and O–H groups in total. The fourth-order valence-corrected chi connectivity index (χ4v) is 2.14. The Kier molecular flexibility index (Phi) is 2.91. The lowest BCUT2D eigenvalue weighted by molar-refractivity contribution is 0.381. The minimum atomic E-state index is 0.756. The molecule has 1 heterocycles. The van der Waals surface area contributed by atoms with E-state index in [1.165, 1.54) is 18.5 Å². The largest absolute Gasteiger partial charge is 0.371 e. The van der Waals surface area contributed by atoms with Crippen LogP contribution in [-0.2, 0) is 0 Å². The van der Waals surface area contributed by atoms with Crippen LogP contribution in [0, 0.1) is 17.2 Å². The molecule has 0 radical (unpaired) electrons. The van der Waals surface area contributed by atoms with Gasteiger partial charge < -0.3 is 4.90 Å². The van der Waals surface area contributed by atoms with Crippen LogP contribution in [0.5, 0.6) is 0 Å². The minimum Gasteiger partial charge on any atom is -0.371 e. The van der Waals surface area contributed by atoms with E-state index in [0.29, 0.717) is 0 Å². The van der Waals surface area contributed by atoms with Gasteiger partial charge in [0, 0.05) is 18.8 Å². The van der Waals surface area contributed by atoms with Crippen LogP contribution < -0.4 is 4.90 Å². The maximum atomic E-state index is 8.80. The summed E-state index contributed by atoms with van der Waals surface area (Å²) < 4.78 is 0. The summed E-state index contributed by atoms with van der Waals surface area (Å²) in [6, 6.07) is 10.1. The number of nitriles is 1. The fourth-order valence-electron chi connectivity index (χ4n) is 2.14. The van der Waals surface area contributed by atoms with Crippen LogP contribution in [0.25, 0.3) is 0 Å². The van der Waals surface area contributed by atoms with Gasteiger partial charge in [-0.25, -0.2) is 0 Å². The van der Waals surface area contributed by atoms with Gasteiger partial charge in [0.15, 0.2) is 0 Å². The van der Waals surface area contributed by atoms with Crippen molar-refractivity contribution in [3.63, 3.8) is 0 Å². The first-order chi connectivity index (χ1) is 7.33. The highest BCUT2D eigenvalue weighted by molar-refractivity contribution is 5.53. The third kappa shape index (κ3) is 2.12. The number of anilines is 1. The lowest BCUT2D eigenvalue weighted by Crippen LogP contribution is -2.46. The van der Waals surface area contributed by atoms with Gasteiger partial charge in [0.05, 0.1) is 11.6 Å². The highest BCUT2D eigenvalue weighted by atomic mass is 15.2. The molecule has 0 atom stereocenters. The van der Waals surface area contributed by atoms with E-state index in [4.69, 9.17) is 5.26 Å². The molecule has 0 unspecified atom stereocenters. The normalized spacial score (nSPS) is 15.9. The van der Waals surface area contributed by atoms with Crippen molar-refractivity contribution in [2.24, 2.45) is 5.92 Å². The predicted octanol–water partition coefficient (Wildman–Crippen LogP) is 2.79. The van der Waals surface area contributed by atoms with E-state index in [1.807, 2.05) is 18.2 Å². The number of rotatable bonds is 3. The second-order valence-corrected chi connectivity index (χ2v) is 4.22. The Labute approximate surface area is 91.1 Å². The number of hydrogen-bond acceptors (Lipinski definition) is 2. The van der Waals surface area contributed by atoms with Crippen molar-refractivity contribution in [2.75, 3.05) is 18.0 Å². The zero-order chi connectivity index (χ0) is 10.7. The SMILES string of the molecule is CCCC1CN(c2cccc(C#N)c2)C1. The first-order valence-corrected chi connectivity index (χ1v) is 5.58. The summed E-state index contributed by atoms with van der Waals surface area (Å²) >= 11 is 0. The summed E-state index contributed by atoms with van der Waals surface area (Å²) in [5, 5.41) is 8.80. The fraction of sp³-hybridized carbons (Fsp3) is 0.462. The molecule has 0 aromatic heterocycles. The molecule has 0 bridgehead atoms. The number of nitrogens with zero attached hydrogens (tertiary/aromatic N) is 2. The highest BCUT2D eigenvalue weighted by Crippen LogP contribution is 2.27. The van der Waals surface area contributed by atoms with Gasteiger partial charge in [-0.3, -0.25) is 0 Å². The van der Waals surface area contributed by atoms with Gasteiger partial charge in [0.2, 0.25) is 0 Å². The van der Waals surface area contributed by atoms with Crippen LogP contribution in [0.3, 0.4) is 0 Å². The molecule has 0 aliphatic carbocycles. The first-order valence-electron chi connectivity index (χ1n) is 5.58. The van der Waals surface area contributed by atoms with E-state index >= 15 is 0 Å². The van der Waals surface area contributed by atoms with E-state index in [2.05, 4.69) is 24.0 Å². The molecule has 1 aliphatic heterocycles. The van der Waals surface area contributed by atoms with Gasteiger partial charge in [-0.1, -0.05) is 19.4 Å². The molecule has 15 heavy (non-hydrogen) atoms. The Morgan fingerprint density at radius 1 is 1.47 bits per heavy atom. The quantitative estimate of drug-likeness (QED) is 0.750. The second-order valence-electron chi connectivity index (χ2n) is 4.22. The summed E-state index contributed by atoms with van der Waals surface area (Å²) in [7, 11) is 0. The summed E-state index contributed by atoms with van der Waals surface area (Å²) in [4.78, 5) is 2.35. The van der Waals surface area contributed by atoms with Crippen LogP contribution in [0.4, 0.5) is 5.69 Å². The van der Waals surface area contributed by atoms with Crippen molar-refractivity contribution < 1.29 is 0 Å². The van der Waals surface area contributed by atoms with Gasteiger partial charge in [0.1, 0.15) is 0 Å². The van der Waals surface area contributed by atoms with Gasteiger partial charge in [-0.2, -0.15) is 5.26 Å². The zero-order valence-electron chi connectivity index (χ0n) is 9.11. The Balaban J connectivity index is 1.98. The molecule has 78 valence electrons. The van der Waals surface area contributed by atoms with Crippen molar-refractivity contribution in [1.82, 2.24) is 0 Å². The average molecular weight is 200 g/mol. The Morgan fingerprint density at radius 3 is 2.93 bits per heavy atom. The van der Waals surface area contributed by atoms with E-state index in [0.717, 1.165) is 24.6 Å². The molecule has 1 aliphatic rings. The third-order valence-corrected chi connectivity index (χ3v) is 2.99. The van der Waals surface area contributed by atoms with Gasteiger partial charge in [0.25, 0.3) is 0 Å². The van der Waals surface area contributed by atoms with Gasteiger partial charge >= 0.3 is 0 Å². The number of benzene rings is 1. The second kappa shape index (κ2) is 4.35.